The fourth-order valence-electron chi connectivity index (χ4n) is 2.17. The molecule has 0 saturated carbocycles. The predicted octanol–water partition coefficient (Wildman–Crippen LogP) is 2.22. The van der Waals surface area contributed by atoms with Crippen LogP contribution in [0.5, 0.6) is 0 Å². The van der Waals surface area contributed by atoms with E-state index in [4.69, 9.17) is 21.1 Å². The van der Waals surface area contributed by atoms with Gasteiger partial charge < -0.3 is 9.47 Å². The standard InChI is InChI=1S/C13H14ClN3O2/c1-13(10-2-4-11(14)5-3-10)18-7-12(19-13)6-17-9-15-8-16-17/h2-5,8-9,12H,6-7H2,1H3/t12-,13-/m0/s1. The number of halogens is 1. The molecule has 0 spiro atoms. The van der Waals surface area contributed by atoms with Crippen LogP contribution in [0.4, 0.5) is 0 Å². The summed E-state index contributed by atoms with van der Waals surface area (Å²) >= 11 is 5.89. The van der Waals surface area contributed by atoms with Crippen LogP contribution in [0.1, 0.15) is 12.5 Å². The Hall–Kier alpha value is -1.43. The van der Waals surface area contributed by atoms with Crippen molar-refractivity contribution in [2.75, 3.05) is 6.61 Å². The number of aromatic nitrogens is 3. The molecular weight excluding hydrogens is 266 g/mol. The Kier molecular flexibility index (Phi) is 3.26. The van der Waals surface area contributed by atoms with Gasteiger partial charge in [0, 0.05) is 10.6 Å². The van der Waals surface area contributed by atoms with Crippen molar-refractivity contribution < 1.29 is 9.47 Å². The van der Waals surface area contributed by atoms with Gasteiger partial charge in [-0.25, -0.2) is 4.98 Å². The quantitative estimate of drug-likeness (QED) is 0.864. The molecule has 0 N–H and O–H groups in total. The molecule has 0 bridgehead atoms. The normalized spacial score (nSPS) is 26.7. The lowest BCUT2D eigenvalue weighted by Gasteiger charge is -2.23. The zero-order chi connectivity index (χ0) is 13.3. The maximum atomic E-state index is 5.99. The van der Waals surface area contributed by atoms with E-state index < -0.39 is 5.79 Å². The van der Waals surface area contributed by atoms with Crippen molar-refractivity contribution in [3.05, 3.63) is 47.5 Å². The monoisotopic (exact) mass is 279 g/mol. The first kappa shape index (κ1) is 12.6. The summed E-state index contributed by atoms with van der Waals surface area (Å²) < 4.78 is 13.5. The maximum Gasteiger partial charge on any atom is 0.192 e. The van der Waals surface area contributed by atoms with Crippen LogP contribution in [-0.2, 0) is 21.8 Å². The number of rotatable bonds is 3. The van der Waals surface area contributed by atoms with Crippen molar-refractivity contribution in [3.8, 4) is 0 Å². The minimum absolute atomic E-state index is 0.0395. The maximum absolute atomic E-state index is 5.99. The molecule has 0 amide bonds. The minimum atomic E-state index is -0.726. The highest BCUT2D eigenvalue weighted by Crippen LogP contribution is 2.34. The second-order valence-corrected chi connectivity index (χ2v) is 5.06. The van der Waals surface area contributed by atoms with Crippen LogP contribution in [-0.4, -0.2) is 27.5 Å². The average molecular weight is 280 g/mol. The summed E-state index contributed by atoms with van der Waals surface area (Å²) in [6.07, 6.45) is 3.14. The third-order valence-corrected chi connectivity index (χ3v) is 3.41. The van der Waals surface area contributed by atoms with Gasteiger partial charge in [0.05, 0.1) is 13.2 Å². The molecular formula is C13H14ClN3O2. The van der Waals surface area contributed by atoms with E-state index in [1.54, 1.807) is 11.0 Å². The molecule has 0 unspecified atom stereocenters. The lowest BCUT2D eigenvalue weighted by atomic mass is 10.1. The van der Waals surface area contributed by atoms with Gasteiger partial charge >= 0.3 is 0 Å². The summed E-state index contributed by atoms with van der Waals surface area (Å²) in [7, 11) is 0. The van der Waals surface area contributed by atoms with E-state index in [1.807, 2.05) is 31.2 Å². The molecule has 1 aliphatic heterocycles. The Morgan fingerprint density at radius 3 is 2.89 bits per heavy atom. The molecule has 1 saturated heterocycles. The number of benzene rings is 1. The largest absolute Gasteiger partial charge is 0.343 e. The van der Waals surface area contributed by atoms with Gasteiger partial charge in [0.1, 0.15) is 18.8 Å². The van der Waals surface area contributed by atoms with E-state index in [0.29, 0.717) is 18.2 Å². The highest BCUT2D eigenvalue weighted by molar-refractivity contribution is 6.30. The number of hydrogen-bond acceptors (Lipinski definition) is 4. The zero-order valence-electron chi connectivity index (χ0n) is 10.5. The molecule has 5 nitrogen and oxygen atoms in total. The van der Waals surface area contributed by atoms with Crippen LogP contribution in [0.25, 0.3) is 0 Å². The molecule has 2 heterocycles. The molecule has 1 aromatic heterocycles. The van der Waals surface area contributed by atoms with Crippen LogP contribution in [0.15, 0.2) is 36.9 Å². The van der Waals surface area contributed by atoms with E-state index in [2.05, 4.69) is 10.1 Å². The number of ether oxygens (including phenoxy) is 2. The van der Waals surface area contributed by atoms with Crippen molar-refractivity contribution >= 4 is 11.6 Å². The van der Waals surface area contributed by atoms with Gasteiger partial charge in [0.2, 0.25) is 0 Å². The van der Waals surface area contributed by atoms with Crippen molar-refractivity contribution in [2.24, 2.45) is 0 Å². The van der Waals surface area contributed by atoms with Crippen LogP contribution >= 0.6 is 11.6 Å². The van der Waals surface area contributed by atoms with Crippen molar-refractivity contribution in [1.82, 2.24) is 14.8 Å². The van der Waals surface area contributed by atoms with E-state index in [1.165, 1.54) is 6.33 Å². The summed E-state index contributed by atoms with van der Waals surface area (Å²) in [6, 6.07) is 7.50. The third-order valence-electron chi connectivity index (χ3n) is 3.16. The summed E-state index contributed by atoms with van der Waals surface area (Å²) in [5, 5.41) is 4.76. The van der Waals surface area contributed by atoms with Crippen molar-refractivity contribution in [1.29, 1.82) is 0 Å². The molecule has 19 heavy (non-hydrogen) atoms. The van der Waals surface area contributed by atoms with Crippen LogP contribution in [0.3, 0.4) is 0 Å². The van der Waals surface area contributed by atoms with Crippen LogP contribution in [0, 0.1) is 0 Å². The highest BCUT2D eigenvalue weighted by Gasteiger charge is 2.38. The van der Waals surface area contributed by atoms with E-state index in [-0.39, 0.29) is 6.10 Å². The first-order valence-electron chi connectivity index (χ1n) is 6.06. The summed E-state index contributed by atoms with van der Waals surface area (Å²) in [5.74, 6) is -0.726. The predicted molar refractivity (Wildman–Crippen MR) is 69.7 cm³/mol. The SMILES string of the molecule is C[C@]1(c2ccc(Cl)cc2)OC[C@H](Cn2cncn2)O1. The summed E-state index contributed by atoms with van der Waals surface area (Å²) in [5.41, 5.74) is 0.956. The zero-order valence-corrected chi connectivity index (χ0v) is 11.2. The molecule has 2 atom stereocenters. The topological polar surface area (TPSA) is 49.2 Å². The molecule has 0 aliphatic carbocycles. The fourth-order valence-corrected chi connectivity index (χ4v) is 2.29. The molecule has 100 valence electrons. The van der Waals surface area contributed by atoms with Gasteiger partial charge in [-0.05, 0) is 19.1 Å². The van der Waals surface area contributed by atoms with Crippen LogP contribution < -0.4 is 0 Å². The molecule has 0 radical (unpaired) electrons. The van der Waals surface area contributed by atoms with E-state index in [9.17, 15) is 0 Å². The smallest absolute Gasteiger partial charge is 0.192 e. The Morgan fingerprint density at radius 1 is 1.42 bits per heavy atom. The Bertz CT molecular complexity index is 544. The molecule has 1 fully saturated rings. The molecule has 1 aromatic carbocycles. The van der Waals surface area contributed by atoms with Gasteiger partial charge in [-0.3, -0.25) is 4.68 Å². The summed E-state index contributed by atoms with van der Waals surface area (Å²) in [4.78, 5) is 3.91. The average Bonchev–Trinajstić information content (AvgIpc) is 3.02. The number of nitrogens with zero attached hydrogens (tertiary/aromatic N) is 3. The van der Waals surface area contributed by atoms with Gasteiger partial charge in [0.15, 0.2) is 5.79 Å². The molecule has 2 aromatic rings. The second-order valence-electron chi connectivity index (χ2n) is 4.62. The van der Waals surface area contributed by atoms with E-state index >= 15 is 0 Å². The fraction of sp³-hybridized carbons (Fsp3) is 0.385. The Morgan fingerprint density at radius 2 is 2.21 bits per heavy atom. The van der Waals surface area contributed by atoms with E-state index in [0.717, 1.165) is 5.56 Å². The van der Waals surface area contributed by atoms with Crippen molar-refractivity contribution in [3.63, 3.8) is 0 Å². The first-order chi connectivity index (χ1) is 9.16. The first-order valence-corrected chi connectivity index (χ1v) is 6.44. The second kappa shape index (κ2) is 4.92. The lowest BCUT2D eigenvalue weighted by molar-refractivity contribution is -0.163. The Balaban J connectivity index is 1.71. The summed E-state index contributed by atoms with van der Waals surface area (Å²) in [6.45, 7) is 3.07. The van der Waals surface area contributed by atoms with Gasteiger partial charge in [0.25, 0.3) is 0 Å². The van der Waals surface area contributed by atoms with Crippen molar-refractivity contribution in [2.45, 2.75) is 25.4 Å². The van der Waals surface area contributed by atoms with Gasteiger partial charge in [-0.2, -0.15) is 5.10 Å². The van der Waals surface area contributed by atoms with Gasteiger partial charge in [-0.1, -0.05) is 23.7 Å². The highest BCUT2D eigenvalue weighted by atomic mass is 35.5. The minimum Gasteiger partial charge on any atom is -0.343 e. The third kappa shape index (κ3) is 2.63. The molecule has 6 heteroatoms. The Labute approximate surface area is 116 Å². The lowest BCUT2D eigenvalue weighted by Crippen LogP contribution is -2.25. The molecule has 3 rings (SSSR count). The molecule has 1 aliphatic rings. The van der Waals surface area contributed by atoms with Gasteiger partial charge in [-0.15, -0.1) is 0 Å². The number of hydrogen-bond donors (Lipinski definition) is 0. The van der Waals surface area contributed by atoms with Crippen LogP contribution in [0.2, 0.25) is 5.02 Å².